The van der Waals surface area contributed by atoms with Crippen LogP contribution in [-0.4, -0.2) is 64.0 Å². The fourth-order valence-electron chi connectivity index (χ4n) is 4.27. The molecule has 30 heavy (non-hydrogen) atoms. The largest absolute Gasteiger partial charge is 0.395 e. The zero-order chi connectivity index (χ0) is 20.9. The lowest BCUT2D eigenvalue weighted by molar-refractivity contribution is -0.128. The Labute approximate surface area is 180 Å². The van der Waals surface area contributed by atoms with Crippen molar-refractivity contribution >= 4 is 23.4 Å². The molecular formula is C22H28N4O3S. The third-order valence-corrected chi connectivity index (χ3v) is 6.86. The molecule has 1 N–H and O–H groups in total. The zero-order valence-electron chi connectivity index (χ0n) is 17.1. The van der Waals surface area contributed by atoms with Crippen molar-refractivity contribution < 1.29 is 9.90 Å². The third kappa shape index (κ3) is 4.54. The molecule has 160 valence electrons. The Hall–Kier alpha value is -2.32. The number of fused-ring (bicyclic) bond motifs is 1. The van der Waals surface area contributed by atoms with E-state index in [1.165, 1.54) is 17.4 Å². The number of amides is 1. The van der Waals surface area contributed by atoms with Crippen LogP contribution in [-0.2, 0) is 24.2 Å². The van der Waals surface area contributed by atoms with E-state index < -0.39 is 0 Å². The number of rotatable bonds is 6. The summed E-state index contributed by atoms with van der Waals surface area (Å²) < 4.78 is 1.60. The molecule has 0 atom stereocenters. The molecule has 0 saturated carbocycles. The number of hydrogen-bond acceptors (Lipinski definition) is 6. The Morgan fingerprint density at radius 1 is 1.07 bits per heavy atom. The van der Waals surface area contributed by atoms with Gasteiger partial charge in [-0.25, -0.2) is 4.79 Å². The molecule has 1 amide bonds. The topological polar surface area (TPSA) is 78.7 Å². The van der Waals surface area contributed by atoms with Gasteiger partial charge in [-0.3, -0.25) is 9.36 Å². The van der Waals surface area contributed by atoms with Crippen LogP contribution in [0.5, 0.6) is 0 Å². The molecule has 0 radical (unpaired) electrons. The number of aliphatic hydroxyl groups is 1. The van der Waals surface area contributed by atoms with Crippen molar-refractivity contribution in [3.63, 3.8) is 0 Å². The maximum Gasteiger partial charge on any atom is 0.348 e. The standard InChI is InChI=1S/C22H28N4O3S/c27-15-14-26-19-9-5-4-8-18(19)21(23-22(26)29)30-16-20(28)25-12-10-24(11-13-25)17-6-2-1-3-7-17/h1-3,6-7,27H,4-5,8-16H2. The van der Waals surface area contributed by atoms with Crippen molar-refractivity contribution in [3.05, 3.63) is 52.1 Å². The van der Waals surface area contributed by atoms with Gasteiger partial charge in [-0.05, 0) is 37.8 Å². The normalized spacial score (nSPS) is 16.4. The third-order valence-electron chi connectivity index (χ3n) is 5.86. The van der Waals surface area contributed by atoms with Crippen LogP contribution < -0.4 is 10.6 Å². The average Bonchev–Trinajstić information content (AvgIpc) is 2.80. The van der Waals surface area contributed by atoms with Gasteiger partial charge in [0, 0.05) is 43.1 Å². The predicted molar refractivity (Wildman–Crippen MR) is 118 cm³/mol. The Bertz CT molecular complexity index is 939. The highest BCUT2D eigenvalue weighted by atomic mass is 32.2. The highest BCUT2D eigenvalue weighted by Crippen LogP contribution is 2.28. The molecule has 1 saturated heterocycles. The van der Waals surface area contributed by atoms with Gasteiger partial charge in [0.1, 0.15) is 5.03 Å². The van der Waals surface area contributed by atoms with E-state index in [0.29, 0.717) is 23.9 Å². The number of anilines is 1. The molecule has 4 rings (SSSR count). The van der Waals surface area contributed by atoms with Crippen molar-refractivity contribution in [2.45, 2.75) is 37.3 Å². The lowest BCUT2D eigenvalue weighted by Crippen LogP contribution is -2.49. The van der Waals surface area contributed by atoms with E-state index in [2.05, 4.69) is 22.0 Å². The van der Waals surface area contributed by atoms with E-state index in [1.807, 2.05) is 23.1 Å². The number of hydrogen-bond donors (Lipinski definition) is 1. The Kier molecular flexibility index (Phi) is 6.74. The van der Waals surface area contributed by atoms with Gasteiger partial charge in [-0.1, -0.05) is 30.0 Å². The fraction of sp³-hybridized carbons (Fsp3) is 0.500. The minimum absolute atomic E-state index is 0.0754. The van der Waals surface area contributed by atoms with Crippen molar-refractivity contribution in [1.29, 1.82) is 0 Å². The summed E-state index contributed by atoms with van der Waals surface area (Å²) in [5.74, 6) is 0.396. The Balaban J connectivity index is 1.39. The number of carbonyl (C=O) groups excluding carboxylic acids is 1. The molecule has 0 unspecified atom stereocenters. The Morgan fingerprint density at radius 3 is 2.53 bits per heavy atom. The summed E-state index contributed by atoms with van der Waals surface area (Å²) in [6.07, 6.45) is 3.81. The molecule has 1 aromatic heterocycles. The molecule has 1 aliphatic carbocycles. The second kappa shape index (κ2) is 9.66. The number of aromatic nitrogens is 2. The number of benzene rings is 1. The minimum Gasteiger partial charge on any atom is -0.395 e. The van der Waals surface area contributed by atoms with Crippen LogP contribution in [0.25, 0.3) is 0 Å². The van der Waals surface area contributed by atoms with E-state index >= 15 is 0 Å². The summed E-state index contributed by atoms with van der Waals surface area (Å²) in [5.41, 5.74) is 2.94. The smallest absolute Gasteiger partial charge is 0.348 e. The number of carbonyl (C=O) groups is 1. The lowest BCUT2D eigenvalue weighted by Gasteiger charge is -2.36. The van der Waals surface area contributed by atoms with Crippen LogP contribution in [0.3, 0.4) is 0 Å². The van der Waals surface area contributed by atoms with Gasteiger partial charge < -0.3 is 14.9 Å². The quantitative estimate of drug-likeness (QED) is 0.556. The summed E-state index contributed by atoms with van der Waals surface area (Å²) in [5, 5.41) is 9.98. The molecule has 0 bridgehead atoms. The van der Waals surface area contributed by atoms with Crippen molar-refractivity contribution in [2.75, 3.05) is 43.4 Å². The number of nitrogens with zero attached hydrogens (tertiary/aromatic N) is 4. The van der Waals surface area contributed by atoms with Gasteiger partial charge in [0.25, 0.3) is 0 Å². The van der Waals surface area contributed by atoms with Crippen LogP contribution in [0, 0.1) is 0 Å². The number of para-hydroxylation sites is 1. The molecule has 0 spiro atoms. The molecule has 1 aliphatic heterocycles. The van der Waals surface area contributed by atoms with Gasteiger partial charge >= 0.3 is 5.69 Å². The van der Waals surface area contributed by atoms with E-state index in [9.17, 15) is 14.7 Å². The lowest BCUT2D eigenvalue weighted by atomic mass is 9.97. The predicted octanol–water partition coefficient (Wildman–Crippen LogP) is 1.56. The second-order valence-corrected chi connectivity index (χ2v) is 8.66. The summed E-state index contributed by atoms with van der Waals surface area (Å²) in [6, 6.07) is 10.3. The number of aliphatic hydroxyl groups excluding tert-OH is 1. The SMILES string of the molecule is O=C(CSc1nc(=O)n(CCO)c2c1CCCC2)N1CCN(c2ccccc2)CC1. The highest BCUT2D eigenvalue weighted by molar-refractivity contribution is 7.99. The molecule has 2 aromatic rings. The van der Waals surface area contributed by atoms with Crippen molar-refractivity contribution in [2.24, 2.45) is 0 Å². The van der Waals surface area contributed by atoms with Crippen molar-refractivity contribution in [3.8, 4) is 0 Å². The zero-order valence-corrected chi connectivity index (χ0v) is 17.9. The van der Waals surface area contributed by atoms with Gasteiger partial charge in [0.2, 0.25) is 5.91 Å². The first-order valence-corrected chi connectivity index (χ1v) is 11.6. The van der Waals surface area contributed by atoms with Gasteiger partial charge in [-0.15, -0.1) is 0 Å². The highest BCUT2D eigenvalue weighted by Gasteiger charge is 2.24. The minimum atomic E-state index is -0.323. The van der Waals surface area contributed by atoms with Crippen LogP contribution in [0.1, 0.15) is 24.1 Å². The molecule has 1 fully saturated rings. The monoisotopic (exact) mass is 428 g/mol. The molecule has 2 heterocycles. The van der Waals surface area contributed by atoms with Crippen LogP contribution in [0.15, 0.2) is 40.2 Å². The molecule has 1 aromatic carbocycles. The molecule has 7 nitrogen and oxygen atoms in total. The first kappa shape index (κ1) is 20.9. The van der Waals surface area contributed by atoms with Gasteiger partial charge in [-0.2, -0.15) is 4.98 Å². The maximum atomic E-state index is 12.8. The first-order chi connectivity index (χ1) is 14.7. The number of thioether (sulfide) groups is 1. The molecule has 8 heteroatoms. The van der Waals surface area contributed by atoms with E-state index in [-0.39, 0.29) is 24.7 Å². The molecule has 2 aliphatic rings. The van der Waals surface area contributed by atoms with E-state index in [1.54, 1.807) is 4.57 Å². The summed E-state index contributed by atoms with van der Waals surface area (Å²) in [7, 11) is 0. The maximum absolute atomic E-state index is 12.8. The molecular weight excluding hydrogens is 400 g/mol. The van der Waals surface area contributed by atoms with E-state index in [0.717, 1.165) is 50.0 Å². The average molecular weight is 429 g/mol. The van der Waals surface area contributed by atoms with Crippen LogP contribution >= 0.6 is 11.8 Å². The number of piperazine rings is 1. The van der Waals surface area contributed by atoms with Crippen LogP contribution in [0.4, 0.5) is 5.69 Å². The summed E-state index contributed by atoms with van der Waals surface area (Å²) >= 11 is 1.38. The van der Waals surface area contributed by atoms with Crippen LogP contribution in [0.2, 0.25) is 0 Å². The van der Waals surface area contributed by atoms with E-state index in [4.69, 9.17) is 0 Å². The van der Waals surface area contributed by atoms with Gasteiger partial charge in [0.15, 0.2) is 0 Å². The Morgan fingerprint density at radius 2 is 1.80 bits per heavy atom. The summed E-state index contributed by atoms with van der Waals surface area (Å²) in [4.78, 5) is 33.7. The first-order valence-electron chi connectivity index (χ1n) is 10.6. The second-order valence-electron chi connectivity index (χ2n) is 7.70. The van der Waals surface area contributed by atoms with Crippen molar-refractivity contribution in [1.82, 2.24) is 14.5 Å². The fourth-order valence-corrected chi connectivity index (χ4v) is 5.25. The van der Waals surface area contributed by atoms with Gasteiger partial charge in [0.05, 0.1) is 18.9 Å². The summed E-state index contributed by atoms with van der Waals surface area (Å²) in [6.45, 7) is 3.27.